The van der Waals surface area contributed by atoms with Gasteiger partial charge in [-0.1, -0.05) is 13.3 Å². The molecule has 0 saturated heterocycles. The molecule has 0 radical (unpaired) electrons. The molecule has 1 aromatic carbocycles. The van der Waals surface area contributed by atoms with Gasteiger partial charge >= 0.3 is 0 Å². The molecule has 1 aromatic heterocycles. The molecule has 1 aliphatic heterocycles. The van der Waals surface area contributed by atoms with Gasteiger partial charge in [0, 0.05) is 17.6 Å². The number of ether oxygens (including phenoxy) is 2. The van der Waals surface area contributed by atoms with Crippen LogP contribution >= 0.6 is 0 Å². The number of aromatic nitrogens is 1. The first-order chi connectivity index (χ1) is 10.3. The quantitative estimate of drug-likeness (QED) is 0.931. The highest BCUT2D eigenvalue weighted by molar-refractivity contribution is 5.94. The van der Waals surface area contributed by atoms with E-state index in [9.17, 15) is 0 Å². The van der Waals surface area contributed by atoms with Crippen LogP contribution in [-0.4, -0.2) is 24.2 Å². The first-order valence-corrected chi connectivity index (χ1v) is 7.80. The summed E-state index contributed by atoms with van der Waals surface area (Å²) in [6, 6.07) is 6.70. The van der Waals surface area contributed by atoms with Crippen molar-refractivity contribution in [3.05, 3.63) is 24.4 Å². The van der Waals surface area contributed by atoms with Gasteiger partial charge in [0.05, 0.1) is 0 Å². The second-order valence-electron chi connectivity index (χ2n) is 5.91. The fourth-order valence-corrected chi connectivity index (χ4v) is 3.11. The van der Waals surface area contributed by atoms with E-state index in [1.165, 1.54) is 19.3 Å². The first-order valence-electron chi connectivity index (χ1n) is 7.80. The van der Waals surface area contributed by atoms with Crippen LogP contribution in [0.15, 0.2) is 24.4 Å². The average molecular weight is 284 g/mol. The second kappa shape index (κ2) is 5.10. The van der Waals surface area contributed by atoms with Crippen molar-refractivity contribution in [3.63, 3.8) is 0 Å². The van der Waals surface area contributed by atoms with Crippen LogP contribution < -0.4 is 14.8 Å². The van der Waals surface area contributed by atoms with Crippen molar-refractivity contribution >= 4 is 16.6 Å². The Hall–Kier alpha value is -1.97. The molecule has 1 fully saturated rings. The minimum absolute atomic E-state index is 0.580. The van der Waals surface area contributed by atoms with E-state index in [0.717, 1.165) is 34.0 Å². The molecule has 4 heteroatoms. The summed E-state index contributed by atoms with van der Waals surface area (Å²) in [4.78, 5) is 4.52. The number of nitrogens with zero attached hydrogens (tertiary/aromatic N) is 1. The molecule has 0 spiro atoms. The Morgan fingerprint density at radius 1 is 1.24 bits per heavy atom. The van der Waals surface area contributed by atoms with Crippen molar-refractivity contribution in [2.45, 2.75) is 32.2 Å². The van der Waals surface area contributed by atoms with Gasteiger partial charge in [-0.15, -0.1) is 0 Å². The van der Waals surface area contributed by atoms with E-state index in [0.29, 0.717) is 19.3 Å². The van der Waals surface area contributed by atoms with Crippen molar-refractivity contribution < 1.29 is 9.47 Å². The zero-order valence-electron chi connectivity index (χ0n) is 12.3. The number of hydrogen-bond donors (Lipinski definition) is 1. The van der Waals surface area contributed by atoms with E-state index in [2.05, 4.69) is 23.3 Å². The third-order valence-electron chi connectivity index (χ3n) is 4.33. The molecule has 4 nitrogen and oxygen atoms in total. The van der Waals surface area contributed by atoms with Crippen LogP contribution in [0.3, 0.4) is 0 Å². The van der Waals surface area contributed by atoms with Crippen molar-refractivity contribution in [1.82, 2.24) is 4.98 Å². The molecule has 1 saturated carbocycles. The van der Waals surface area contributed by atoms with Crippen LogP contribution in [0.25, 0.3) is 10.8 Å². The first kappa shape index (κ1) is 12.7. The van der Waals surface area contributed by atoms with Gasteiger partial charge in [-0.3, -0.25) is 0 Å². The third kappa shape index (κ3) is 2.39. The fraction of sp³-hybridized carbons (Fsp3) is 0.471. The second-order valence-corrected chi connectivity index (χ2v) is 5.91. The zero-order chi connectivity index (χ0) is 14.2. The van der Waals surface area contributed by atoms with Crippen LogP contribution in [0.2, 0.25) is 0 Å². The third-order valence-corrected chi connectivity index (χ3v) is 4.33. The molecule has 21 heavy (non-hydrogen) atoms. The van der Waals surface area contributed by atoms with Crippen molar-refractivity contribution in [2.75, 3.05) is 18.5 Å². The van der Waals surface area contributed by atoms with Crippen molar-refractivity contribution in [1.29, 1.82) is 0 Å². The lowest BCUT2D eigenvalue weighted by molar-refractivity contribution is 0.172. The van der Waals surface area contributed by atoms with E-state index in [1.54, 1.807) is 0 Å². The fourth-order valence-electron chi connectivity index (χ4n) is 3.11. The molecule has 1 aliphatic carbocycles. The summed E-state index contributed by atoms with van der Waals surface area (Å²) in [6.07, 6.45) is 5.67. The number of nitrogens with one attached hydrogen (secondary N) is 1. The summed E-state index contributed by atoms with van der Waals surface area (Å²) in [5, 5.41) is 5.85. The predicted molar refractivity (Wildman–Crippen MR) is 83.2 cm³/mol. The number of pyridine rings is 1. The van der Waals surface area contributed by atoms with Gasteiger partial charge < -0.3 is 14.8 Å². The molecule has 2 heterocycles. The minimum Gasteiger partial charge on any atom is -0.486 e. The van der Waals surface area contributed by atoms with E-state index in [-0.39, 0.29) is 0 Å². The molecule has 1 N–H and O–H groups in total. The highest BCUT2D eigenvalue weighted by Crippen LogP contribution is 2.40. The molecular weight excluding hydrogens is 264 g/mol. The van der Waals surface area contributed by atoms with Gasteiger partial charge in [-0.25, -0.2) is 4.98 Å². The van der Waals surface area contributed by atoms with Crippen molar-refractivity contribution in [3.8, 4) is 11.5 Å². The molecule has 110 valence electrons. The predicted octanol–water partition coefficient (Wildman–Crippen LogP) is 3.61. The Kier molecular flexibility index (Phi) is 3.09. The summed E-state index contributed by atoms with van der Waals surface area (Å²) < 4.78 is 11.3. The van der Waals surface area contributed by atoms with Crippen molar-refractivity contribution in [2.24, 2.45) is 5.92 Å². The van der Waals surface area contributed by atoms with Gasteiger partial charge in [0.1, 0.15) is 19.0 Å². The number of hydrogen-bond acceptors (Lipinski definition) is 4. The summed E-state index contributed by atoms with van der Waals surface area (Å²) >= 11 is 0. The highest BCUT2D eigenvalue weighted by Gasteiger charge is 2.36. The lowest BCUT2D eigenvalue weighted by atomic mass is 10.1. The molecule has 4 rings (SSSR count). The van der Waals surface area contributed by atoms with Gasteiger partial charge in [-0.05, 0) is 42.3 Å². The number of anilines is 1. The lowest BCUT2D eigenvalue weighted by Crippen LogP contribution is -2.15. The standard InChI is InChI=1S/C17H20N2O2/c1-2-3-12-8-14(12)19-17-13-10-16-15(20-6-7-21-16)9-11(13)4-5-18-17/h4-5,9-10,12,14H,2-3,6-8H2,1H3,(H,18,19). The average Bonchev–Trinajstić information content (AvgIpc) is 3.24. The molecule has 2 atom stereocenters. The molecule has 0 bridgehead atoms. The van der Waals surface area contributed by atoms with Crippen LogP contribution in [0.5, 0.6) is 11.5 Å². The molecule has 2 aromatic rings. The summed E-state index contributed by atoms with van der Waals surface area (Å²) in [5.41, 5.74) is 0. The normalized spacial score (nSPS) is 23.1. The topological polar surface area (TPSA) is 43.4 Å². The van der Waals surface area contributed by atoms with E-state index >= 15 is 0 Å². The maximum Gasteiger partial charge on any atom is 0.162 e. The Bertz CT molecular complexity index is 671. The monoisotopic (exact) mass is 284 g/mol. The molecule has 2 aliphatic rings. The SMILES string of the molecule is CCCC1CC1Nc1nccc2cc3c(cc12)OCCO3. The Balaban J connectivity index is 1.66. The van der Waals surface area contributed by atoms with Gasteiger partial charge in [0.2, 0.25) is 0 Å². The Morgan fingerprint density at radius 3 is 2.86 bits per heavy atom. The Morgan fingerprint density at radius 2 is 2.05 bits per heavy atom. The van der Waals surface area contributed by atoms with Gasteiger partial charge in [-0.2, -0.15) is 0 Å². The number of fused-ring (bicyclic) bond motifs is 2. The minimum atomic E-state index is 0.580. The van der Waals surface area contributed by atoms with Crippen LogP contribution in [0, 0.1) is 5.92 Å². The maximum atomic E-state index is 5.69. The summed E-state index contributed by atoms with van der Waals surface area (Å²) in [7, 11) is 0. The van der Waals surface area contributed by atoms with Crippen LogP contribution in [-0.2, 0) is 0 Å². The van der Waals surface area contributed by atoms with Crippen LogP contribution in [0.1, 0.15) is 26.2 Å². The number of rotatable bonds is 4. The van der Waals surface area contributed by atoms with Gasteiger partial charge in [0.15, 0.2) is 11.5 Å². The number of benzene rings is 1. The smallest absolute Gasteiger partial charge is 0.162 e. The largest absolute Gasteiger partial charge is 0.486 e. The Labute approximate surface area is 124 Å². The molecular formula is C17H20N2O2. The molecule has 0 amide bonds. The summed E-state index contributed by atoms with van der Waals surface area (Å²) in [6.45, 7) is 3.48. The summed E-state index contributed by atoms with van der Waals surface area (Å²) in [5.74, 6) is 3.43. The highest BCUT2D eigenvalue weighted by atomic mass is 16.6. The van der Waals surface area contributed by atoms with Gasteiger partial charge in [0.25, 0.3) is 0 Å². The lowest BCUT2D eigenvalue weighted by Gasteiger charge is -2.19. The molecule has 2 unspecified atom stereocenters. The zero-order valence-corrected chi connectivity index (χ0v) is 12.3. The van der Waals surface area contributed by atoms with Crippen LogP contribution in [0.4, 0.5) is 5.82 Å². The van der Waals surface area contributed by atoms with E-state index in [1.807, 2.05) is 18.3 Å². The van der Waals surface area contributed by atoms with E-state index in [4.69, 9.17) is 9.47 Å². The van der Waals surface area contributed by atoms with E-state index < -0.39 is 0 Å². The maximum absolute atomic E-state index is 5.69.